The van der Waals surface area contributed by atoms with Gasteiger partial charge >= 0.3 is 6.18 Å². The van der Waals surface area contributed by atoms with Crippen molar-refractivity contribution in [2.24, 2.45) is 5.73 Å². The number of carbonyl (C=O) groups excluding carboxylic acids is 1. The van der Waals surface area contributed by atoms with Crippen molar-refractivity contribution in [1.82, 2.24) is 14.9 Å². The second-order valence-corrected chi connectivity index (χ2v) is 10.1. The molecular formula is C29H29F3N4O4. The van der Waals surface area contributed by atoms with Crippen molar-refractivity contribution in [2.75, 3.05) is 20.2 Å². The Morgan fingerprint density at radius 1 is 1.12 bits per heavy atom. The number of benzene rings is 2. The predicted molar refractivity (Wildman–Crippen MR) is 142 cm³/mol. The number of aliphatic hydroxyl groups is 1. The molecule has 210 valence electrons. The summed E-state index contributed by atoms with van der Waals surface area (Å²) in [6.07, 6.45) is -3.37. The van der Waals surface area contributed by atoms with Crippen LogP contribution in [0, 0.1) is 0 Å². The van der Waals surface area contributed by atoms with E-state index in [1.54, 1.807) is 17.9 Å². The lowest BCUT2D eigenvalue weighted by molar-refractivity contribution is -0.140. The second kappa shape index (κ2) is 10.5. The largest absolute Gasteiger partial charge is 0.494 e. The summed E-state index contributed by atoms with van der Waals surface area (Å²) < 4.78 is 51.2. The number of alkyl halides is 3. The zero-order chi connectivity index (χ0) is 28.7. The zero-order valence-electron chi connectivity index (χ0n) is 22.0. The van der Waals surface area contributed by atoms with Crippen LogP contribution < -0.4 is 10.5 Å². The van der Waals surface area contributed by atoms with E-state index in [9.17, 15) is 23.1 Å². The Morgan fingerprint density at radius 3 is 2.45 bits per heavy atom. The van der Waals surface area contributed by atoms with Crippen LogP contribution in [0.15, 0.2) is 59.0 Å². The fourth-order valence-electron chi connectivity index (χ4n) is 5.04. The fourth-order valence-corrected chi connectivity index (χ4v) is 5.04. The first kappa shape index (κ1) is 27.6. The molecule has 0 aliphatic carbocycles. The molecule has 1 saturated heterocycles. The Kier molecular flexibility index (Phi) is 7.28. The number of nitrogens with zero attached hydrogens (tertiary/aromatic N) is 3. The topological polar surface area (TPSA) is 115 Å². The number of likely N-dealkylation sites (tertiary alicyclic amines) is 1. The summed E-state index contributed by atoms with van der Waals surface area (Å²) in [4.78, 5) is 23.4. The first-order valence-electron chi connectivity index (χ1n) is 12.9. The monoisotopic (exact) mass is 554 g/mol. The number of ether oxygens (including phenoxy) is 1. The first-order chi connectivity index (χ1) is 19.0. The number of halogens is 3. The molecule has 11 heteroatoms. The van der Waals surface area contributed by atoms with Gasteiger partial charge in [-0.15, -0.1) is 0 Å². The van der Waals surface area contributed by atoms with E-state index >= 15 is 0 Å². The van der Waals surface area contributed by atoms with Crippen LogP contribution in [0.4, 0.5) is 13.2 Å². The van der Waals surface area contributed by atoms with Crippen molar-refractivity contribution < 1.29 is 32.2 Å². The van der Waals surface area contributed by atoms with Crippen LogP contribution in [0.2, 0.25) is 0 Å². The van der Waals surface area contributed by atoms with Gasteiger partial charge in [0.25, 0.3) is 5.91 Å². The molecule has 5 rings (SSSR count). The minimum Gasteiger partial charge on any atom is -0.494 e. The van der Waals surface area contributed by atoms with Gasteiger partial charge in [0.15, 0.2) is 11.5 Å². The van der Waals surface area contributed by atoms with E-state index in [1.807, 2.05) is 30.3 Å². The van der Waals surface area contributed by atoms with E-state index < -0.39 is 23.5 Å². The maximum atomic E-state index is 13.6. The van der Waals surface area contributed by atoms with E-state index in [0.717, 1.165) is 11.6 Å². The van der Waals surface area contributed by atoms with Gasteiger partial charge in [-0.3, -0.25) is 4.79 Å². The Hall–Kier alpha value is -3.96. The van der Waals surface area contributed by atoms with Gasteiger partial charge in [0.2, 0.25) is 5.89 Å². The summed E-state index contributed by atoms with van der Waals surface area (Å²) >= 11 is 0. The predicted octanol–water partition coefficient (Wildman–Crippen LogP) is 5.15. The van der Waals surface area contributed by atoms with Crippen LogP contribution in [-0.4, -0.2) is 51.7 Å². The highest BCUT2D eigenvalue weighted by Crippen LogP contribution is 2.38. The van der Waals surface area contributed by atoms with Crippen LogP contribution in [0.25, 0.3) is 22.4 Å². The van der Waals surface area contributed by atoms with E-state index in [0.29, 0.717) is 43.3 Å². The molecule has 0 radical (unpaired) electrons. The highest BCUT2D eigenvalue weighted by atomic mass is 19.4. The maximum absolute atomic E-state index is 13.6. The van der Waals surface area contributed by atoms with Crippen molar-refractivity contribution in [3.63, 3.8) is 0 Å². The van der Waals surface area contributed by atoms with E-state index in [1.165, 1.54) is 19.2 Å². The molecule has 1 aliphatic heterocycles. The van der Waals surface area contributed by atoms with Crippen molar-refractivity contribution in [3.05, 3.63) is 77.3 Å². The molecule has 0 spiro atoms. The summed E-state index contributed by atoms with van der Waals surface area (Å²) in [6, 6.07) is 14.2. The average Bonchev–Trinajstić information content (AvgIpc) is 3.38. The number of nitrogens with two attached hydrogens (primary N) is 1. The number of rotatable bonds is 6. The van der Waals surface area contributed by atoms with Gasteiger partial charge in [0.1, 0.15) is 17.0 Å². The molecule has 1 unspecified atom stereocenters. The standard InChI is InChI=1S/C29H29F3N4O4/c1-17(33)25-24(27(37)36-14-12-28(38,13-15-36)16-18-6-4-3-5-7-18)35-26(40-25)20-8-10-21(39-2)23-19(20)9-11-22(34-23)29(30,31)32/h3-11,17,38H,12-16,33H2,1-2H3. The van der Waals surface area contributed by atoms with Gasteiger partial charge in [-0.05, 0) is 49.6 Å². The Bertz CT molecular complexity index is 1530. The number of hydrogen-bond acceptors (Lipinski definition) is 7. The number of oxazole rings is 1. The van der Waals surface area contributed by atoms with Crippen molar-refractivity contribution in [3.8, 4) is 17.2 Å². The minimum atomic E-state index is -4.64. The smallest absolute Gasteiger partial charge is 0.433 e. The normalized spacial score (nSPS) is 16.2. The number of carbonyl (C=O) groups is 1. The SMILES string of the molecule is COc1ccc(-c2nc(C(=O)N3CCC(O)(Cc4ccccc4)CC3)c(C(C)N)o2)c2ccc(C(F)(F)F)nc12. The lowest BCUT2D eigenvalue weighted by Gasteiger charge is -2.38. The Balaban J connectivity index is 1.44. The lowest BCUT2D eigenvalue weighted by atomic mass is 9.85. The van der Waals surface area contributed by atoms with Gasteiger partial charge in [-0.25, -0.2) is 9.97 Å². The van der Waals surface area contributed by atoms with Gasteiger partial charge in [0.05, 0.1) is 18.8 Å². The molecule has 0 bridgehead atoms. The lowest BCUT2D eigenvalue weighted by Crippen LogP contribution is -2.48. The number of pyridine rings is 1. The molecular weight excluding hydrogens is 525 g/mol. The molecule has 4 aromatic rings. The molecule has 1 amide bonds. The Morgan fingerprint density at radius 2 is 1.82 bits per heavy atom. The maximum Gasteiger partial charge on any atom is 0.433 e. The quantitative estimate of drug-likeness (QED) is 0.339. The van der Waals surface area contributed by atoms with Crippen LogP contribution in [0.3, 0.4) is 0 Å². The highest BCUT2D eigenvalue weighted by Gasteiger charge is 2.37. The van der Waals surface area contributed by atoms with Crippen LogP contribution in [0.1, 0.15) is 53.3 Å². The summed E-state index contributed by atoms with van der Waals surface area (Å²) in [5.41, 5.74) is 5.51. The molecule has 3 N–H and O–H groups in total. The molecule has 2 aromatic heterocycles. The number of aromatic nitrogens is 2. The van der Waals surface area contributed by atoms with Gasteiger partial charge in [-0.2, -0.15) is 13.2 Å². The van der Waals surface area contributed by atoms with Crippen LogP contribution in [-0.2, 0) is 12.6 Å². The number of amides is 1. The minimum absolute atomic E-state index is 0.0167. The molecule has 2 aromatic carbocycles. The molecule has 1 atom stereocenters. The third kappa shape index (κ3) is 5.39. The van der Waals surface area contributed by atoms with Crippen LogP contribution >= 0.6 is 0 Å². The fraction of sp³-hybridized carbons (Fsp3) is 0.345. The average molecular weight is 555 g/mol. The highest BCUT2D eigenvalue weighted by molar-refractivity contribution is 5.98. The van der Waals surface area contributed by atoms with E-state index in [-0.39, 0.29) is 34.5 Å². The summed E-state index contributed by atoms with van der Waals surface area (Å²) in [6.45, 7) is 2.29. The number of methoxy groups -OCH3 is 1. The first-order valence-corrected chi connectivity index (χ1v) is 12.9. The third-order valence-electron chi connectivity index (χ3n) is 7.19. The number of fused-ring (bicyclic) bond motifs is 1. The summed E-state index contributed by atoms with van der Waals surface area (Å²) in [5.74, 6) is -0.0489. The van der Waals surface area contributed by atoms with Crippen LogP contribution in [0.5, 0.6) is 5.75 Å². The zero-order valence-corrected chi connectivity index (χ0v) is 22.0. The van der Waals surface area contributed by atoms with Gasteiger partial charge in [0, 0.05) is 30.5 Å². The second-order valence-electron chi connectivity index (χ2n) is 10.1. The molecule has 1 fully saturated rings. The van der Waals surface area contributed by atoms with Gasteiger partial charge in [-0.1, -0.05) is 30.3 Å². The van der Waals surface area contributed by atoms with Crippen molar-refractivity contribution >= 4 is 16.8 Å². The molecule has 40 heavy (non-hydrogen) atoms. The summed E-state index contributed by atoms with van der Waals surface area (Å²) in [5, 5.41) is 11.4. The van der Waals surface area contributed by atoms with Crippen molar-refractivity contribution in [1.29, 1.82) is 0 Å². The molecule has 3 heterocycles. The third-order valence-corrected chi connectivity index (χ3v) is 7.19. The van der Waals surface area contributed by atoms with E-state index in [2.05, 4.69) is 9.97 Å². The van der Waals surface area contributed by atoms with Crippen molar-refractivity contribution in [2.45, 2.75) is 44.0 Å². The van der Waals surface area contributed by atoms with E-state index in [4.69, 9.17) is 14.9 Å². The molecule has 1 aliphatic rings. The molecule has 0 saturated carbocycles. The number of hydrogen-bond donors (Lipinski definition) is 2. The molecule has 8 nitrogen and oxygen atoms in total. The number of piperidine rings is 1. The Labute approximate surface area is 228 Å². The summed E-state index contributed by atoms with van der Waals surface area (Å²) in [7, 11) is 1.34. The van der Waals surface area contributed by atoms with Gasteiger partial charge < -0.3 is 24.9 Å².